The summed E-state index contributed by atoms with van der Waals surface area (Å²) < 4.78 is 10.8. The van der Waals surface area contributed by atoms with Crippen LogP contribution in [0, 0.1) is 0 Å². The molecule has 0 heterocycles. The molecule has 0 aliphatic rings. The van der Waals surface area contributed by atoms with Crippen LogP contribution in [0.4, 0.5) is 0 Å². The molecule has 0 aliphatic heterocycles. The lowest BCUT2D eigenvalue weighted by Gasteiger charge is -2.14. The van der Waals surface area contributed by atoms with E-state index in [4.69, 9.17) is 9.47 Å². The lowest BCUT2D eigenvalue weighted by Crippen LogP contribution is -2.25. The van der Waals surface area contributed by atoms with Crippen LogP contribution < -0.4 is 20.1 Å². The van der Waals surface area contributed by atoms with Crippen molar-refractivity contribution in [3.8, 4) is 11.5 Å². The Hall–Kier alpha value is -1.75. The highest BCUT2D eigenvalue weighted by molar-refractivity contribution is 5.77. The maximum Gasteiger partial charge on any atom is 0.257 e. The van der Waals surface area contributed by atoms with Crippen LogP contribution in [-0.2, 0) is 11.3 Å². The fourth-order valence-electron chi connectivity index (χ4n) is 1.49. The molecule has 0 bridgehead atoms. The van der Waals surface area contributed by atoms with E-state index >= 15 is 0 Å². The third-order valence-corrected chi connectivity index (χ3v) is 2.47. The molecule has 0 aliphatic carbocycles. The first-order chi connectivity index (χ1) is 8.72. The molecule has 1 amide bonds. The average Bonchev–Trinajstić information content (AvgIpc) is 2.42. The van der Waals surface area contributed by atoms with Gasteiger partial charge in [-0.25, -0.2) is 0 Å². The molecule has 0 atom stereocenters. The van der Waals surface area contributed by atoms with Crippen LogP contribution in [0.15, 0.2) is 18.2 Å². The topological polar surface area (TPSA) is 59.6 Å². The molecule has 18 heavy (non-hydrogen) atoms. The van der Waals surface area contributed by atoms with Gasteiger partial charge in [0.15, 0.2) is 18.1 Å². The van der Waals surface area contributed by atoms with Crippen molar-refractivity contribution in [2.75, 3.05) is 27.3 Å². The average molecular weight is 252 g/mol. The number of likely N-dealkylation sites (N-methyl/N-ethyl adjacent to an activating group) is 1. The highest BCUT2D eigenvalue weighted by Crippen LogP contribution is 2.30. The first-order valence-electron chi connectivity index (χ1n) is 5.92. The van der Waals surface area contributed by atoms with Crippen LogP contribution in [0.25, 0.3) is 0 Å². The van der Waals surface area contributed by atoms with E-state index in [1.807, 2.05) is 25.1 Å². The maximum absolute atomic E-state index is 11.2. The third kappa shape index (κ3) is 3.92. The molecule has 100 valence electrons. The number of benzene rings is 1. The van der Waals surface area contributed by atoms with Crippen molar-refractivity contribution < 1.29 is 14.3 Å². The molecule has 0 unspecified atom stereocenters. The van der Waals surface area contributed by atoms with Gasteiger partial charge in [-0.05, 0) is 12.6 Å². The van der Waals surface area contributed by atoms with Gasteiger partial charge < -0.3 is 20.1 Å². The maximum atomic E-state index is 11.2. The third-order valence-electron chi connectivity index (χ3n) is 2.47. The zero-order chi connectivity index (χ0) is 13.4. The summed E-state index contributed by atoms with van der Waals surface area (Å²) in [6.45, 7) is 3.56. The van der Waals surface area contributed by atoms with Crippen LogP contribution in [0.2, 0.25) is 0 Å². The van der Waals surface area contributed by atoms with Gasteiger partial charge in [-0.2, -0.15) is 0 Å². The van der Waals surface area contributed by atoms with Crippen molar-refractivity contribution in [1.29, 1.82) is 0 Å². The van der Waals surface area contributed by atoms with Crippen molar-refractivity contribution in [2.45, 2.75) is 13.5 Å². The Bertz CT molecular complexity index is 394. The molecular formula is C13H20N2O3. The molecular weight excluding hydrogens is 232 g/mol. The Morgan fingerprint density at radius 2 is 2.17 bits per heavy atom. The summed E-state index contributed by atoms with van der Waals surface area (Å²) in [5.41, 5.74) is 0.972. The summed E-state index contributed by atoms with van der Waals surface area (Å²) in [4.78, 5) is 11.2. The summed E-state index contributed by atoms with van der Waals surface area (Å²) >= 11 is 0. The molecule has 0 saturated carbocycles. The number of carbonyl (C=O) groups excluding carboxylic acids is 1. The molecule has 0 aromatic heterocycles. The Morgan fingerprint density at radius 3 is 2.78 bits per heavy atom. The number of methoxy groups -OCH3 is 1. The molecule has 1 rings (SSSR count). The van der Waals surface area contributed by atoms with Gasteiger partial charge in [0.25, 0.3) is 5.91 Å². The summed E-state index contributed by atoms with van der Waals surface area (Å²) in [6.07, 6.45) is 0. The standard InChI is InChI=1S/C13H20N2O3/c1-4-15-8-10-6-5-7-11(17-3)13(10)18-9-12(16)14-2/h5-7,15H,4,8-9H2,1-3H3,(H,14,16). The fraction of sp³-hybridized carbons (Fsp3) is 0.462. The van der Waals surface area contributed by atoms with E-state index < -0.39 is 0 Å². The largest absolute Gasteiger partial charge is 0.493 e. The lowest BCUT2D eigenvalue weighted by molar-refractivity contribution is -0.122. The second kappa shape index (κ2) is 7.55. The number of amides is 1. The minimum Gasteiger partial charge on any atom is -0.493 e. The summed E-state index contributed by atoms with van der Waals surface area (Å²) in [5, 5.41) is 5.74. The monoisotopic (exact) mass is 252 g/mol. The van der Waals surface area contributed by atoms with E-state index in [1.54, 1.807) is 14.2 Å². The van der Waals surface area contributed by atoms with Crippen molar-refractivity contribution >= 4 is 5.91 Å². The van der Waals surface area contributed by atoms with Crippen LogP contribution in [-0.4, -0.2) is 33.2 Å². The van der Waals surface area contributed by atoms with Crippen LogP contribution in [0.5, 0.6) is 11.5 Å². The van der Waals surface area contributed by atoms with Gasteiger partial charge in [-0.3, -0.25) is 4.79 Å². The van der Waals surface area contributed by atoms with Gasteiger partial charge in [0.1, 0.15) is 0 Å². The molecule has 5 nitrogen and oxygen atoms in total. The zero-order valence-corrected chi connectivity index (χ0v) is 11.1. The van der Waals surface area contributed by atoms with E-state index in [1.165, 1.54) is 0 Å². The van der Waals surface area contributed by atoms with E-state index in [0.717, 1.165) is 12.1 Å². The zero-order valence-electron chi connectivity index (χ0n) is 11.1. The van der Waals surface area contributed by atoms with Crippen LogP contribution in [0.1, 0.15) is 12.5 Å². The summed E-state index contributed by atoms with van der Waals surface area (Å²) in [6, 6.07) is 5.66. The number of hydrogen-bond acceptors (Lipinski definition) is 4. The van der Waals surface area contributed by atoms with Gasteiger partial charge >= 0.3 is 0 Å². The van der Waals surface area contributed by atoms with Crippen molar-refractivity contribution in [3.05, 3.63) is 23.8 Å². The van der Waals surface area contributed by atoms with Gasteiger partial charge in [-0.1, -0.05) is 19.1 Å². The molecule has 0 spiro atoms. The van der Waals surface area contributed by atoms with E-state index in [0.29, 0.717) is 18.0 Å². The van der Waals surface area contributed by atoms with E-state index in [-0.39, 0.29) is 12.5 Å². The SMILES string of the molecule is CCNCc1cccc(OC)c1OCC(=O)NC. The van der Waals surface area contributed by atoms with E-state index in [9.17, 15) is 4.79 Å². The first-order valence-corrected chi connectivity index (χ1v) is 5.92. The Labute approximate surface area is 107 Å². The van der Waals surface area contributed by atoms with Crippen LogP contribution >= 0.6 is 0 Å². The fourth-order valence-corrected chi connectivity index (χ4v) is 1.49. The van der Waals surface area contributed by atoms with Crippen molar-refractivity contribution in [3.63, 3.8) is 0 Å². The number of nitrogens with one attached hydrogen (secondary N) is 2. The van der Waals surface area contributed by atoms with Crippen LogP contribution in [0.3, 0.4) is 0 Å². The lowest BCUT2D eigenvalue weighted by atomic mass is 10.2. The quantitative estimate of drug-likeness (QED) is 0.758. The highest BCUT2D eigenvalue weighted by Gasteiger charge is 2.11. The smallest absolute Gasteiger partial charge is 0.257 e. The molecule has 2 N–H and O–H groups in total. The summed E-state index contributed by atoms with van der Waals surface area (Å²) in [5.74, 6) is 1.08. The number of para-hydroxylation sites is 1. The van der Waals surface area contributed by atoms with Gasteiger partial charge in [-0.15, -0.1) is 0 Å². The second-order valence-corrected chi connectivity index (χ2v) is 3.69. The van der Waals surface area contributed by atoms with E-state index in [2.05, 4.69) is 10.6 Å². The normalized spacial score (nSPS) is 9.94. The minimum atomic E-state index is -0.171. The van der Waals surface area contributed by atoms with Crippen molar-refractivity contribution in [1.82, 2.24) is 10.6 Å². The second-order valence-electron chi connectivity index (χ2n) is 3.69. The predicted octanol–water partition coefficient (Wildman–Crippen LogP) is 0.929. The highest BCUT2D eigenvalue weighted by atomic mass is 16.5. The van der Waals surface area contributed by atoms with Gasteiger partial charge in [0, 0.05) is 19.2 Å². The molecule has 1 aromatic carbocycles. The number of rotatable bonds is 7. The Morgan fingerprint density at radius 1 is 1.39 bits per heavy atom. The van der Waals surface area contributed by atoms with Crippen molar-refractivity contribution in [2.24, 2.45) is 0 Å². The molecule has 0 radical (unpaired) electrons. The molecule has 1 aromatic rings. The predicted molar refractivity (Wildman–Crippen MR) is 69.9 cm³/mol. The number of hydrogen-bond donors (Lipinski definition) is 2. The number of carbonyl (C=O) groups is 1. The Kier molecular flexibility index (Phi) is 6.00. The number of ether oxygens (including phenoxy) is 2. The first kappa shape index (κ1) is 14.3. The molecule has 0 saturated heterocycles. The molecule has 0 fully saturated rings. The minimum absolute atomic E-state index is 0.0179. The van der Waals surface area contributed by atoms with Gasteiger partial charge in [0.05, 0.1) is 7.11 Å². The van der Waals surface area contributed by atoms with Gasteiger partial charge in [0.2, 0.25) is 0 Å². The molecule has 5 heteroatoms. The summed E-state index contributed by atoms with van der Waals surface area (Å²) in [7, 11) is 3.16. The Balaban J connectivity index is 2.85.